The summed E-state index contributed by atoms with van der Waals surface area (Å²) >= 11 is 6.23. The van der Waals surface area contributed by atoms with Crippen molar-refractivity contribution in [3.8, 4) is 0 Å². The number of halogens is 1. The lowest BCUT2D eigenvalue weighted by molar-refractivity contribution is -0.142. The van der Waals surface area contributed by atoms with Gasteiger partial charge in [-0.3, -0.25) is 82.5 Å². The van der Waals surface area contributed by atoms with Crippen LogP contribution in [0.25, 0.3) is 10.8 Å². The van der Waals surface area contributed by atoms with Crippen molar-refractivity contribution in [2.45, 2.75) is 158 Å². The van der Waals surface area contributed by atoms with E-state index in [1.165, 1.54) is 31.3 Å². The van der Waals surface area contributed by atoms with Gasteiger partial charge in [0, 0.05) is 83.3 Å². The quantitative estimate of drug-likeness (QED) is 0.00643. The standard InChI is InChI=1S/C68H93ClN20O14/c1-37(2)28-48-61(97)81-47(67(103)89-27-9-14-54(89)66(102)86-53(34-70)58(71)94)23-26-76-56(92)36-88(4)57(93)22-21-46(60(96)79-45(59(95)82-48)13-8-25-77-68(72)73)80-65(101)52(33-55(91)87-74)85-64(100)51(32-41-10-7-24-75-35-41)84-63(99)50(30-39-16-19-44(69)20-17-39)83-62(98)49(78-38(3)90)31-40-15-18-42-11-5-6-12-43(42)29-40/h5-7,10-12,15-20,24,29,35,37,45-54H,8-9,13-14,21-23,25-28,30-34,36,70,74H2,1-4H3,(H2,71,94)(H,76,92)(H,78,90)(H,79,96)(H,80,101)(H,81,97)(H,82,95)(H,83,98)(H,84,99)(H,85,100)(H,86,102)(H,87,91)(H4,72,73,77)/t45-,46+,47+,48+,49-,50-,51-,52+,53?,54+/m1/s1. The Bertz CT molecular complexity index is 3730. The van der Waals surface area contributed by atoms with E-state index in [4.69, 9.17) is 40.4 Å². The zero-order valence-corrected chi connectivity index (χ0v) is 58.6. The number of carbonyl (C=O) groups excluding carboxylic acids is 14. The second-order valence-electron chi connectivity index (χ2n) is 25.6. The van der Waals surface area contributed by atoms with Crippen molar-refractivity contribution in [3.63, 3.8) is 0 Å². The van der Waals surface area contributed by atoms with E-state index in [9.17, 15) is 67.1 Å². The van der Waals surface area contributed by atoms with Crippen LogP contribution in [0.1, 0.15) is 95.2 Å². The monoisotopic (exact) mass is 1450 g/mol. The van der Waals surface area contributed by atoms with Crippen molar-refractivity contribution in [1.29, 1.82) is 0 Å². The van der Waals surface area contributed by atoms with Crippen LogP contribution in [0.2, 0.25) is 5.02 Å². The molecule has 21 N–H and O–H groups in total. The summed E-state index contributed by atoms with van der Waals surface area (Å²) < 4.78 is 0. The van der Waals surface area contributed by atoms with Gasteiger partial charge in [-0.2, -0.15) is 0 Å². The second-order valence-corrected chi connectivity index (χ2v) is 26.1. The molecule has 103 heavy (non-hydrogen) atoms. The van der Waals surface area contributed by atoms with Gasteiger partial charge in [0.05, 0.1) is 13.0 Å². The van der Waals surface area contributed by atoms with Gasteiger partial charge in [0.1, 0.15) is 60.4 Å². The fraction of sp³-hybridized carbons (Fsp3) is 0.471. The number of hydrogen-bond acceptors (Lipinski definition) is 18. The zero-order valence-electron chi connectivity index (χ0n) is 57.8. The van der Waals surface area contributed by atoms with Crippen molar-refractivity contribution in [2.24, 2.45) is 39.7 Å². The molecule has 3 heterocycles. The molecule has 2 aliphatic heterocycles. The summed E-state index contributed by atoms with van der Waals surface area (Å²) in [7, 11) is 1.27. The summed E-state index contributed by atoms with van der Waals surface area (Å²) in [5.41, 5.74) is 25.8. The number of fused-ring (bicyclic) bond motifs is 1. The Balaban J connectivity index is 1.31. The first kappa shape index (κ1) is 81.1. The third-order valence-electron chi connectivity index (χ3n) is 17.0. The summed E-state index contributed by atoms with van der Waals surface area (Å²) in [6.07, 6.45) is 0.268. The van der Waals surface area contributed by atoms with Crippen LogP contribution in [0.4, 0.5) is 0 Å². The number of nitrogens with zero attached hydrogens (tertiary/aromatic N) is 4. The normalized spacial score (nSPS) is 19.3. The molecule has 0 radical (unpaired) electrons. The Kier molecular flexibility index (Phi) is 31.5. The molecule has 14 amide bonds. The zero-order chi connectivity index (χ0) is 75.4. The Labute approximate surface area is 599 Å². The lowest BCUT2D eigenvalue weighted by atomic mass is 9.99. The summed E-state index contributed by atoms with van der Waals surface area (Å²) in [6, 6.07) is 7.68. The van der Waals surface area contributed by atoms with Crippen LogP contribution in [0.3, 0.4) is 0 Å². The number of nitrogens with two attached hydrogens (primary N) is 5. The van der Waals surface area contributed by atoms with Crippen molar-refractivity contribution >= 4 is 111 Å². The minimum Gasteiger partial charge on any atom is -0.370 e. The summed E-state index contributed by atoms with van der Waals surface area (Å²) in [4.78, 5) is 207. The Morgan fingerprint density at radius 1 is 0.689 bits per heavy atom. The average Bonchev–Trinajstić information content (AvgIpc) is 1.80. The maximum atomic E-state index is 15.0. The predicted molar refractivity (Wildman–Crippen MR) is 378 cm³/mol. The van der Waals surface area contributed by atoms with Gasteiger partial charge in [0.2, 0.25) is 82.7 Å². The molecule has 0 saturated carbocycles. The molecule has 0 bridgehead atoms. The molecule has 2 aliphatic rings. The third-order valence-corrected chi connectivity index (χ3v) is 17.3. The highest BCUT2D eigenvalue weighted by molar-refractivity contribution is 6.30. The summed E-state index contributed by atoms with van der Waals surface area (Å²) in [5, 5.41) is 28.3. The minimum atomic E-state index is -1.95. The number of carbonyl (C=O) groups is 14. The van der Waals surface area contributed by atoms with E-state index in [2.05, 4.69) is 63.1 Å². The molecule has 35 heteroatoms. The molecule has 2 fully saturated rings. The van der Waals surface area contributed by atoms with Gasteiger partial charge >= 0.3 is 0 Å². The lowest BCUT2D eigenvalue weighted by Gasteiger charge is -2.31. The number of aliphatic imine (C=N–C) groups is 1. The highest BCUT2D eigenvalue weighted by Gasteiger charge is 2.41. The summed E-state index contributed by atoms with van der Waals surface area (Å²) in [5.74, 6) is -7.50. The average molecular weight is 1450 g/mol. The van der Waals surface area contributed by atoms with Gasteiger partial charge in [0.25, 0.3) is 0 Å². The first-order valence-corrected chi connectivity index (χ1v) is 34.1. The molecular weight excluding hydrogens is 1360 g/mol. The summed E-state index contributed by atoms with van der Waals surface area (Å²) in [6.45, 7) is 3.49. The van der Waals surface area contributed by atoms with Gasteiger partial charge in [0.15, 0.2) is 5.96 Å². The van der Waals surface area contributed by atoms with Gasteiger partial charge in [-0.25, -0.2) is 5.84 Å². The van der Waals surface area contributed by atoms with E-state index in [-0.39, 0.29) is 89.4 Å². The third kappa shape index (κ3) is 25.9. The van der Waals surface area contributed by atoms with Crippen LogP contribution in [-0.4, -0.2) is 204 Å². The molecule has 0 aliphatic carbocycles. The first-order chi connectivity index (χ1) is 49.0. The van der Waals surface area contributed by atoms with E-state index >= 15 is 0 Å². The number of nitrogens with one attached hydrogen (secondary N) is 11. The minimum absolute atomic E-state index is 0.000554. The number of primary amides is 1. The molecule has 4 aromatic rings. The number of pyridine rings is 1. The number of aromatic nitrogens is 1. The number of amides is 14. The number of rotatable bonds is 28. The highest BCUT2D eigenvalue weighted by atomic mass is 35.5. The molecule has 3 aromatic carbocycles. The largest absolute Gasteiger partial charge is 0.370 e. The second kappa shape index (κ2) is 39.9. The number of likely N-dealkylation sites (tertiary alicyclic amines) is 1. The predicted octanol–water partition coefficient (Wildman–Crippen LogP) is -4.03. The van der Waals surface area contributed by atoms with Crippen LogP contribution < -0.4 is 87.4 Å². The highest BCUT2D eigenvalue weighted by Crippen LogP contribution is 2.22. The van der Waals surface area contributed by atoms with Gasteiger partial charge in [-0.05, 0) is 96.5 Å². The van der Waals surface area contributed by atoms with E-state index in [1.54, 1.807) is 56.3 Å². The fourth-order valence-electron chi connectivity index (χ4n) is 11.6. The molecule has 2 saturated heterocycles. The van der Waals surface area contributed by atoms with Gasteiger partial charge in [-0.1, -0.05) is 86.1 Å². The molecule has 34 nitrogen and oxygen atoms in total. The molecule has 10 atom stereocenters. The fourth-order valence-corrected chi connectivity index (χ4v) is 11.8. The van der Waals surface area contributed by atoms with Gasteiger partial charge < -0.3 is 85.9 Å². The van der Waals surface area contributed by atoms with Crippen LogP contribution in [-0.2, 0) is 86.4 Å². The molecule has 1 aromatic heterocycles. The first-order valence-electron chi connectivity index (χ1n) is 33.7. The Morgan fingerprint density at radius 3 is 1.93 bits per heavy atom. The van der Waals surface area contributed by atoms with Crippen LogP contribution in [0.5, 0.6) is 0 Å². The number of likely N-dealkylation sites (N-methyl/N-ethyl adjacent to an activating group) is 1. The maximum absolute atomic E-state index is 15.0. The van der Waals surface area contributed by atoms with E-state index in [0.717, 1.165) is 15.7 Å². The van der Waals surface area contributed by atoms with Crippen molar-refractivity contribution < 1.29 is 67.1 Å². The number of hydrazine groups is 1. The molecule has 556 valence electrons. The van der Waals surface area contributed by atoms with Crippen molar-refractivity contribution in [1.82, 2.24) is 73.4 Å². The molecular formula is C68H93ClN20O14. The molecule has 0 spiro atoms. The topological polar surface area (TPSA) is 533 Å². The SMILES string of the molecule is CC(=O)N[C@H](Cc1ccc2ccccc2c1)C(=O)N[C@H](Cc1ccc(Cl)cc1)C(=O)N[C@H](Cc1cccnc1)C(=O)N[C@@H](CC(=O)NN)C(=O)N[C@H]1CCC(=O)N(C)CC(=O)NCC[C@@H](C(=O)N2CCC[C@H]2C(=O)NC(CN)C(N)=O)NC(=O)[C@H](CC(C)C)NC(=O)[C@@H](CCCN=C(N)N)NC1=O. The van der Waals surface area contributed by atoms with Crippen molar-refractivity contribution in [2.75, 3.05) is 39.8 Å². The van der Waals surface area contributed by atoms with Crippen molar-refractivity contribution in [3.05, 3.63) is 113 Å². The Morgan fingerprint density at radius 2 is 1.31 bits per heavy atom. The van der Waals surface area contributed by atoms with Gasteiger partial charge in [-0.15, -0.1) is 0 Å². The van der Waals surface area contributed by atoms with E-state index in [0.29, 0.717) is 28.1 Å². The molecule has 6 rings (SSSR count). The van der Waals surface area contributed by atoms with E-state index < -0.39 is 169 Å². The van der Waals surface area contributed by atoms with Crippen LogP contribution >= 0.6 is 11.6 Å². The number of hydrogen-bond donors (Lipinski definition) is 16. The molecule has 1 unspecified atom stereocenters. The van der Waals surface area contributed by atoms with E-state index in [1.807, 2.05) is 41.8 Å². The van der Waals surface area contributed by atoms with Crippen LogP contribution in [0.15, 0.2) is 96.2 Å². The lowest BCUT2D eigenvalue weighted by Crippen LogP contribution is -2.61. The number of benzene rings is 3. The van der Waals surface area contributed by atoms with Crippen LogP contribution in [0, 0.1) is 5.92 Å². The number of guanidine groups is 1. The Hall–Kier alpha value is -10.9. The maximum Gasteiger partial charge on any atom is 0.245 e. The smallest absolute Gasteiger partial charge is 0.245 e.